The number of pyridine rings is 1. The molecule has 0 spiro atoms. The van der Waals surface area contributed by atoms with Crippen LogP contribution in [0.5, 0.6) is 11.5 Å². The Morgan fingerprint density at radius 3 is 2.16 bits per heavy atom. The number of benzene rings is 3. The highest BCUT2D eigenvalue weighted by atomic mass is 16.6. The minimum Gasteiger partial charge on any atom is -0.494 e. The fourth-order valence-electron chi connectivity index (χ4n) is 3.40. The van der Waals surface area contributed by atoms with Gasteiger partial charge in [-0.3, -0.25) is 9.36 Å². The zero-order valence-corrected chi connectivity index (χ0v) is 17.7. The van der Waals surface area contributed by atoms with E-state index in [1.54, 1.807) is 48.5 Å². The first-order valence-corrected chi connectivity index (χ1v) is 10.4. The molecule has 32 heavy (non-hydrogen) atoms. The molecule has 0 amide bonds. The van der Waals surface area contributed by atoms with E-state index >= 15 is 0 Å². The van der Waals surface area contributed by atoms with Gasteiger partial charge in [-0.25, -0.2) is 4.79 Å². The quantitative estimate of drug-likeness (QED) is 0.302. The molecule has 0 bridgehead atoms. The van der Waals surface area contributed by atoms with Crippen LogP contribution in [0, 0.1) is 0 Å². The Kier molecular flexibility index (Phi) is 6.51. The van der Waals surface area contributed by atoms with E-state index in [-0.39, 0.29) is 18.8 Å². The van der Waals surface area contributed by atoms with Crippen molar-refractivity contribution in [3.05, 3.63) is 101 Å². The standard InChI is InChI=1S/C26H23NO5/c1-2-30-21-14-12-19(13-15-21)27-18-24(22-10-6-7-11-23(22)25(27)28)26(29)32-17-16-31-20-8-4-3-5-9-20/h3-15,18H,2,16-17H2,1H3. The van der Waals surface area contributed by atoms with Crippen LogP contribution in [0.15, 0.2) is 89.9 Å². The molecular weight excluding hydrogens is 406 g/mol. The minimum atomic E-state index is -0.516. The van der Waals surface area contributed by atoms with Gasteiger partial charge in [-0.15, -0.1) is 0 Å². The van der Waals surface area contributed by atoms with Crippen molar-refractivity contribution >= 4 is 16.7 Å². The van der Waals surface area contributed by atoms with Crippen LogP contribution in [0.4, 0.5) is 0 Å². The maximum Gasteiger partial charge on any atom is 0.340 e. The van der Waals surface area contributed by atoms with Gasteiger partial charge in [0.25, 0.3) is 5.56 Å². The second-order valence-corrected chi connectivity index (χ2v) is 6.99. The fourth-order valence-corrected chi connectivity index (χ4v) is 3.40. The van der Waals surface area contributed by atoms with Crippen molar-refractivity contribution in [2.24, 2.45) is 0 Å². The summed E-state index contributed by atoms with van der Waals surface area (Å²) in [7, 11) is 0. The molecule has 0 radical (unpaired) electrons. The van der Waals surface area contributed by atoms with E-state index in [0.717, 1.165) is 0 Å². The number of ether oxygens (including phenoxy) is 3. The van der Waals surface area contributed by atoms with Gasteiger partial charge >= 0.3 is 5.97 Å². The first-order valence-electron chi connectivity index (χ1n) is 10.4. The largest absolute Gasteiger partial charge is 0.494 e. The predicted molar refractivity (Wildman–Crippen MR) is 123 cm³/mol. The number of hydrogen-bond donors (Lipinski definition) is 0. The van der Waals surface area contributed by atoms with E-state index < -0.39 is 5.97 Å². The van der Waals surface area contributed by atoms with Gasteiger partial charge in [0.15, 0.2) is 0 Å². The Morgan fingerprint density at radius 2 is 1.44 bits per heavy atom. The molecule has 0 aliphatic rings. The van der Waals surface area contributed by atoms with Gasteiger partial charge in [-0.1, -0.05) is 36.4 Å². The number of para-hydroxylation sites is 1. The average Bonchev–Trinajstić information content (AvgIpc) is 2.84. The lowest BCUT2D eigenvalue weighted by atomic mass is 10.1. The molecule has 0 saturated heterocycles. The summed E-state index contributed by atoms with van der Waals surface area (Å²) in [5.41, 5.74) is 0.730. The Bertz CT molecular complexity index is 1260. The zero-order valence-electron chi connectivity index (χ0n) is 17.7. The third kappa shape index (κ3) is 4.64. The maximum atomic E-state index is 13.1. The Hall–Kier alpha value is -4.06. The molecule has 1 aromatic heterocycles. The average molecular weight is 429 g/mol. The molecule has 0 atom stereocenters. The number of fused-ring (bicyclic) bond motifs is 1. The summed E-state index contributed by atoms with van der Waals surface area (Å²) in [6.45, 7) is 2.78. The van der Waals surface area contributed by atoms with Crippen LogP contribution in [0.2, 0.25) is 0 Å². The van der Waals surface area contributed by atoms with E-state index in [2.05, 4.69) is 0 Å². The van der Waals surface area contributed by atoms with Crippen molar-refractivity contribution in [2.75, 3.05) is 19.8 Å². The fraction of sp³-hybridized carbons (Fsp3) is 0.154. The number of carbonyl (C=O) groups is 1. The highest BCUT2D eigenvalue weighted by molar-refractivity contribution is 6.04. The number of esters is 1. The van der Waals surface area contributed by atoms with Crippen molar-refractivity contribution < 1.29 is 19.0 Å². The van der Waals surface area contributed by atoms with E-state index in [4.69, 9.17) is 14.2 Å². The maximum absolute atomic E-state index is 13.1. The Balaban J connectivity index is 1.59. The topological polar surface area (TPSA) is 66.8 Å². The number of hydrogen-bond acceptors (Lipinski definition) is 5. The predicted octanol–water partition coefficient (Wildman–Crippen LogP) is 4.63. The normalized spacial score (nSPS) is 10.7. The van der Waals surface area contributed by atoms with Crippen molar-refractivity contribution in [1.82, 2.24) is 4.57 Å². The van der Waals surface area contributed by atoms with Gasteiger partial charge in [-0.05, 0) is 49.4 Å². The summed E-state index contributed by atoms with van der Waals surface area (Å²) < 4.78 is 17.9. The molecule has 1 heterocycles. The van der Waals surface area contributed by atoms with E-state index in [1.807, 2.05) is 37.3 Å². The number of carbonyl (C=O) groups excluding carboxylic acids is 1. The van der Waals surface area contributed by atoms with Crippen molar-refractivity contribution in [1.29, 1.82) is 0 Å². The molecule has 0 unspecified atom stereocenters. The monoisotopic (exact) mass is 429 g/mol. The molecule has 0 aliphatic heterocycles. The van der Waals surface area contributed by atoms with Crippen LogP contribution in [-0.4, -0.2) is 30.4 Å². The molecule has 0 N–H and O–H groups in total. The summed E-state index contributed by atoms with van der Waals surface area (Å²) >= 11 is 0. The number of rotatable bonds is 8. The van der Waals surface area contributed by atoms with E-state index in [0.29, 0.717) is 40.1 Å². The van der Waals surface area contributed by atoms with Crippen LogP contribution in [0.1, 0.15) is 17.3 Å². The van der Waals surface area contributed by atoms with Crippen LogP contribution in [0.3, 0.4) is 0 Å². The molecule has 0 aliphatic carbocycles. The second kappa shape index (κ2) is 9.83. The summed E-state index contributed by atoms with van der Waals surface area (Å²) in [5.74, 6) is 0.902. The first-order chi connectivity index (χ1) is 15.7. The zero-order chi connectivity index (χ0) is 22.3. The smallest absolute Gasteiger partial charge is 0.340 e. The lowest BCUT2D eigenvalue weighted by Crippen LogP contribution is -2.22. The molecule has 4 aromatic rings. The molecule has 6 heteroatoms. The van der Waals surface area contributed by atoms with Crippen LogP contribution >= 0.6 is 0 Å². The Morgan fingerprint density at radius 1 is 0.781 bits per heavy atom. The Labute approximate surface area is 185 Å². The third-order valence-corrected chi connectivity index (χ3v) is 4.90. The molecular formula is C26H23NO5. The van der Waals surface area contributed by atoms with Gasteiger partial charge in [0.1, 0.15) is 24.7 Å². The molecule has 3 aromatic carbocycles. The third-order valence-electron chi connectivity index (χ3n) is 4.90. The minimum absolute atomic E-state index is 0.0875. The summed E-state index contributed by atoms with van der Waals surface area (Å²) in [6.07, 6.45) is 1.53. The SMILES string of the molecule is CCOc1ccc(-n2cc(C(=O)OCCOc3ccccc3)c3ccccc3c2=O)cc1. The molecule has 0 fully saturated rings. The molecule has 162 valence electrons. The van der Waals surface area contributed by atoms with E-state index in [1.165, 1.54) is 10.8 Å². The molecule has 4 rings (SSSR count). The van der Waals surface area contributed by atoms with Crippen molar-refractivity contribution in [3.63, 3.8) is 0 Å². The number of nitrogens with zero attached hydrogens (tertiary/aromatic N) is 1. The highest BCUT2D eigenvalue weighted by Gasteiger charge is 2.17. The van der Waals surface area contributed by atoms with Crippen molar-refractivity contribution in [2.45, 2.75) is 6.92 Å². The number of aromatic nitrogens is 1. The van der Waals surface area contributed by atoms with Crippen LogP contribution < -0.4 is 15.0 Å². The highest BCUT2D eigenvalue weighted by Crippen LogP contribution is 2.20. The van der Waals surface area contributed by atoms with Crippen LogP contribution in [-0.2, 0) is 4.74 Å². The summed E-state index contributed by atoms with van der Waals surface area (Å²) in [5, 5.41) is 0.991. The second-order valence-electron chi connectivity index (χ2n) is 6.99. The molecule has 0 saturated carbocycles. The van der Waals surface area contributed by atoms with Crippen LogP contribution in [0.25, 0.3) is 16.5 Å². The van der Waals surface area contributed by atoms with E-state index in [9.17, 15) is 9.59 Å². The molecule has 6 nitrogen and oxygen atoms in total. The van der Waals surface area contributed by atoms with Gasteiger partial charge in [0, 0.05) is 22.7 Å². The van der Waals surface area contributed by atoms with Crippen molar-refractivity contribution in [3.8, 4) is 17.2 Å². The summed E-state index contributed by atoms with van der Waals surface area (Å²) in [6, 6.07) is 23.5. The first kappa shape index (κ1) is 21.2. The van der Waals surface area contributed by atoms with Gasteiger partial charge < -0.3 is 14.2 Å². The van der Waals surface area contributed by atoms with Gasteiger partial charge in [0.05, 0.1) is 12.2 Å². The van der Waals surface area contributed by atoms with Gasteiger partial charge in [-0.2, -0.15) is 0 Å². The lowest BCUT2D eigenvalue weighted by molar-refractivity contribution is 0.0452. The van der Waals surface area contributed by atoms with Gasteiger partial charge in [0.2, 0.25) is 0 Å². The summed E-state index contributed by atoms with van der Waals surface area (Å²) in [4.78, 5) is 26.0. The lowest BCUT2D eigenvalue weighted by Gasteiger charge is -2.13.